The molecular weight excluding hydrogens is 292 g/mol. The van der Waals surface area contributed by atoms with Crippen molar-refractivity contribution in [2.45, 2.75) is 0 Å². The number of hydrogen-bond donors (Lipinski definition) is 0. The molecule has 2 aromatic heterocycles. The number of imidazole rings is 1. The lowest BCUT2D eigenvalue weighted by atomic mass is 10.1. The molecule has 23 heavy (non-hydrogen) atoms. The highest BCUT2D eigenvalue weighted by Gasteiger charge is 2.19. The van der Waals surface area contributed by atoms with Crippen molar-refractivity contribution >= 4 is 11.6 Å². The molecule has 6 heteroatoms. The van der Waals surface area contributed by atoms with Gasteiger partial charge in [-0.1, -0.05) is 12.1 Å². The quantitative estimate of drug-likeness (QED) is 0.725. The van der Waals surface area contributed by atoms with Crippen LogP contribution in [0, 0.1) is 0 Å². The number of fused-ring (bicyclic) bond motifs is 1. The summed E-state index contributed by atoms with van der Waals surface area (Å²) in [5, 5.41) is 0. The van der Waals surface area contributed by atoms with E-state index in [1.165, 1.54) is 0 Å². The van der Waals surface area contributed by atoms with E-state index in [4.69, 9.17) is 4.74 Å². The second-order valence-corrected chi connectivity index (χ2v) is 5.43. The van der Waals surface area contributed by atoms with Crippen molar-refractivity contribution in [3.63, 3.8) is 0 Å². The molecule has 1 saturated heterocycles. The van der Waals surface area contributed by atoms with Crippen LogP contribution in [0.25, 0.3) is 16.9 Å². The molecular formula is C17H16N4O2. The second kappa shape index (κ2) is 5.81. The molecule has 0 aliphatic carbocycles. The van der Waals surface area contributed by atoms with Crippen molar-refractivity contribution < 1.29 is 9.53 Å². The molecule has 1 amide bonds. The number of carbonyl (C=O) groups is 1. The van der Waals surface area contributed by atoms with Crippen LogP contribution in [-0.2, 0) is 4.74 Å². The number of nitrogens with zero attached hydrogens (tertiary/aromatic N) is 4. The number of ether oxygens (including phenoxy) is 1. The van der Waals surface area contributed by atoms with E-state index in [-0.39, 0.29) is 5.91 Å². The minimum absolute atomic E-state index is 0.0425. The topological polar surface area (TPSA) is 59.7 Å². The Kier molecular flexibility index (Phi) is 3.51. The molecule has 3 heterocycles. The van der Waals surface area contributed by atoms with E-state index in [0.717, 1.165) is 16.9 Å². The molecule has 1 aliphatic heterocycles. The summed E-state index contributed by atoms with van der Waals surface area (Å²) in [5.41, 5.74) is 3.32. The van der Waals surface area contributed by atoms with Crippen LogP contribution in [0.5, 0.6) is 0 Å². The Bertz CT molecular complexity index is 852. The summed E-state index contributed by atoms with van der Waals surface area (Å²) in [4.78, 5) is 22.9. The zero-order valence-electron chi connectivity index (χ0n) is 12.6. The fourth-order valence-corrected chi connectivity index (χ4v) is 2.83. The predicted molar refractivity (Wildman–Crippen MR) is 85.1 cm³/mol. The lowest BCUT2D eigenvalue weighted by molar-refractivity contribution is 0.0303. The lowest BCUT2D eigenvalue weighted by Crippen LogP contribution is -2.40. The van der Waals surface area contributed by atoms with Crippen LogP contribution in [-0.4, -0.2) is 51.5 Å². The number of benzene rings is 1. The van der Waals surface area contributed by atoms with E-state index in [0.29, 0.717) is 31.9 Å². The van der Waals surface area contributed by atoms with Gasteiger partial charge in [0, 0.05) is 36.6 Å². The molecule has 0 N–H and O–H groups in total. The molecule has 4 rings (SSSR count). The molecule has 3 aromatic rings. The number of morpholine rings is 1. The summed E-state index contributed by atoms with van der Waals surface area (Å²) < 4.78 is 7.27. The van der Waals surface area contributed by atoms with Crippen LogP contribution < -0.4 is 0 Å². The van der Waals surface area contributed by atoms with Crippen LogP contribution in [0.2, 0.25) is 0 Å². The average Bonchev–Trinajstić information content (AvgIpc) is 3.10. The maximum atomic E-state index is 12.6. The van der Waals surface area contributed by atoms with E-state index >= 15 is 0 Å². The van der Waals surface area contributed by atoms with E-state index in [9.17, 15) is 4.79 Å². The Hall–Kier alpha value is -2.73. The zero-order chi connectivity index (χ0) is 15.6. The van der Waals surface area contributed by atoms with Crippen molar-refractivity contribution in [2.75, 3.05) is 26.3 Å². The highest BCUT2D eigenvalue weighted by molar-refractivity contribution is 5.95. The fourth-order valence-electron chi connectivity index (χ4n) is 2.83. The fraction of sp³-hybridized carbons (Fsp3) is 0.235. The lowest BCUT2D eigenvalue weighted by Gasteiger charge is -2.27. The molecule has 0 saturated carbocycles. The van der Waals surface area contributed by atoms with E-state index < -0.39 is 0 Å². The Morgan fingerprint density at radius 1 is 1.17 bits per heavy atom. The van der Waals surface area contributed by atoms with E-state index in [1.54, 1.807) is 18.6 Å². The second-order valence-electron chi connectivity index (χ2n) is 5.43. The Balaban J connectivity index is 1.71. The molecule has 0 radical (unpaired) electrons. The van der Waals surface area contributed by atoms with Gasteiger partial charge in [-0.15, -0.1) is 0 Å². The van der Waals surface area contributed by atoms with Gasteiger partial charge in [0.2, 0.25) is 0 Å². The van der Waals surface area contributed by atoms with Crippen LogP contribution in [0.3, 0.4) is 0 Å². The third-order valence-electron chi connectivity index (χ3n) is 4.02. The molecule has 0 atom stereocenters. The number of hydrogen-bond acceptors (Lipinski definition) is 4. The molecule has 116 valence electrons. The van der Waals surface area contributed by atoms with Gasteiger partial charge in [0.1, 0.15) is 0 Å². The van der Waals surface area contributed by atoms with Gasteiger partial charge in [-0.05, 0) is 12.1 Å². The summed E-state index contributed by atoms with van der Waals surface area (Å²) in [5.74, 6) is 0.0425. The van der Waals surface area contributed by atoms with Crippen LogP contribution in [0.1, 0.15) is 10.4 Å². The molecule has 0 bridgehead atoms. The first kappa shape index (κ1) is 13.9. The summed E-state index contributed by atoms with van der Waals surface area (Å²) in [7, 11) is 0. The van der Waals surface area contributed by atoms with E-state index in [1.807, 2.05) is 39.8 Å². The first-order chi connectivity index (χ1) is 11.3. The third kappa shape index (κ3) is 2.57. The minimum atomic E-state index is 0.0425. The highest BCUT2D eigenvalue weighted by Crippen LogP contribution is 2.21. The van der Waals surface area contributed by atoms with Gasteiger partial charge in [0.05, 0.1) is 31.3 Å². The van der Waals surface area contributed by atoms with Crippen LogP contribution in [0.15, 0.2) is 49.1 Å². The standard InChI is InChI=1S/C17H16N4O2/c22-17(20-6-8-23-9-7-20)14-3-1-2-13(10-14)15-11-18-12-16-19-4-5-21(15)16/h1-5,10-12H,6-9H2. The molecule has 6 nitrogen and oxygen atoms in total. The smallest absolute Gasteiger partial charge is 0.254 e. The number of rotatable bonds is 2. The van der Waals surface area contributed by atoms with Gasteiger partial charge < -0.3 is 9.64 Å². The monoisotopic (exact) mass is 308 g/mol. The number of carbonyl (C=O) groups excluding carboxylic acids is 1. The van der Waals surface area contributed by atoms with Gasteiger partial charge in [-0.25, -0.2) is 4.98 Å². The minimum Gasteiger partial charge on any atom is -0.378 e. The maximum Gasteiger partial charge on any atom is 0.254 e. The first-order valence-electron chi connectivity index (χ1n) is 7.57. The Labute approximate surface area is 133 Å². The van der Waals surface area contributed by atoms with Crippen LogP contribution >= 0.6 is 0 Å². The highest BCUT2D eigenvalue weighted by atomic mass is 16.5. The predicted octanol–water partition coefficient (Wildman–Crippen LogP) is 1.87. The normalized spacial score (nSPS) is 15.0. The average molecular weight is 308 g/mol. The van der Waals surface area contributed by atoms with Crippen LogP contribution in [0.4, 0.5) is 0 Å². The number of amides is 1. The van der Waals surface area contributed by atoms with Crippen molar-refractivity contribution in [1.29, 1.82) is 0 Å². The van der Waals surface area contributed by atoms with Gasteiger partial charge in [0.15, 0.2) is 5.65 Å². The Morgan fingerprint density at radius 3 is 2.91 bits per heavy atom. The van der Waals surface area contributed by atoms with Gasteiger partial charge in [-0.3, -0.25) is 14.2 Å². The van der Waals surface area contributed by atoms with Gasteiger partial charge >= 0.3 is 0 Å². The van der Waals surface area contributed by atoms with Gasteiger partial charge in [-0.2, -0.15) is 0 Å². The van der Waals surface area contributed by atoms with Gasteiger partial charge in [0.25, 0.3) is 5.91 Å². The molecule has 0 spiro atoms. The molecule has 0 unspecified atom stereocenters. The summed E-state index contributed by atoms with van der Waals surface area (Å²) in [6.07, 6.45) is 7.13. The van der Waals surface area contributed by atoms with Crippen molar-refractivity contribution in [3.8, 4) is 11.3 Å². The largest absolute Gasteiger partial charge is 0.378 e. The molecule has 1 aromatic carbocycles. The SMILES string of the molecule is O=C(c1cccc(-c2cncc3nccn23)c1)N1CCOCC1. The zero-order valence-corrected chi connectivity index (χ0v) is 12.6. The van der Waals surface area contributed by atoms with Crippen molar-refractivity contribution in [1.82, 2.24) is 19.3 Å². The maximum absolute atomic E-state index is 12.6. The Morgan fingerprint density at radius 2 is 2.04 bits per heavy atom. The summed E-state index contributed by atoms with van der Waals surface area (Å²) in [6, 6.07) is 7.64. The molecule has 1 aliphatic rings. The van der Waals surface area contributed by atoms with E-state index in [2.05, 4.69) is 9.97 Å². The van der Waals surface area contributed by atoms with Crippen molar-refractivity contribution in [3.05, 3.63) is 54.6 Å². The molecule has 1 fully saturated rings. The summed E-state index contributed by atoms with van der Waals surface area (Å²) >= 11 is 0. The summed E-state index contributed by atoms with van der Waals surface area (Å²) in [6.45, 7) is 2.48. The third-order valence-corrected chi connectivity index (χ3v) is 4.02. The van der Waals surface area contributed by atoms with Crippen molar-refractivity contribution in [2.24, 2.45) is 0 Å². The first-order valence-corrected chi connectivity index (χ1v) is 7.57. The number of aromatic nitrogens is 3.